The number of carbonyl (C=O) groups is 2. The highest BCUT2D eigenvalue weighted by Crippen LogP contribution is 2.17. The number of carboxylic acids is 1. The summed E-state index contributed by atoms with van der Waals surface area (Å²) in [6.07, 6.45) is -1.86. The minimum atomic E-state index is -1.28. The average Bonchev–Trinajstić information content (AvgIpc) is 2.44. The number of carboxylic acid groups (broad SMARTS) is 1. The number of carbonyl (C=O) groups excluding carboxylic acids is 1. The first-order valence-corrected chi connectivity index (χ1v) is 7.12. The molecule has 1 amide bonds. The number of nitrogens with zero attached hydrogens (tertiary/aromatic N) is 1. The van der Waals surface area contributed by atoms with E-state index < -0.39 is 29.9 Å². The second-order valence-corrected chi connectivity index (χ2v) is 6.01. The Balaban J connectivity index is 2.46. The van der Waals surface area contributed by atoms with Crippen molar-refractivity contribution in [2.45, 2.75) is 45.0 Å². The number of aliphatic hydroxyl groups is 2. The standard InChI is InChI=1S/C15H22N2O6/c1-15(2,3)23-14(22)16-7-6-11(18)12(19)10-5-4-9(8-17-10)13(20)21/h4-5,8,11-12,18-19H,6-7H2,1-3H3,(H,16,22)(H,20,21). The van der Waals surface area contributed by atoms with Crippen molar-refractivity contribution in [3.63, 3.8) is 0 Å². The average molecular weight is 326 g/mol. The number of aromatic nitrogens is 1. The van der Waals surface area contributed by atoms with Gasteiger partial charge in [-0.3, -0.25) is 4.98 Å². The molecule has 23 heavy (non-hydrogen) atoms. The van der Waals surface area contributed by atoms with Gasteiger partial charge in [-0.05, 0) is 39.3 Å². The summed E-state index contributed by atoms with van der Waals surface area (Å²) < 4.78 is 5.04. The lowest BCUT2D eigenvalue weighted by atomic mass is 10.1. The largest absolute Gasteiger partial charge is 0.478 e. The van der Waals surface area contributed by atoms with Crippen LogP contribution >= 0.6 is 0 Å². The van der Waals surface area contributed by atoms with Gasteiger partial charge in [0.25, 0.3) is 0 Å². The fraction of sp³-hybridized carbons (Fsp3) is 0.533. The number of hydrogen-bond acceptors (Lipinski definition) is 6. The zero-order valence-electron chi connectivity index (χ0n) is 13.3. The smallest absolute Gasteiger partial charge is 0.407 e. The van der Waals surface area contributed by atoms with Crippen LogP contribution < -0.4 is 5.32 Å². The lowest BCUT2D eigenvalue weighted by molar-refractivity contribution is 0.00992. The van der Waals surface area contributed by atoms with E-state index in [4.69, 9.17) is 9.84 Å². The van der Waals surface area contributed by atoms with Gasteiger partial charge >= 0.3 is 12.1 Å². The molecule has 8 heteroatoms. The maximum Gasteiger partial charge on any atom is 0.407 e. The maximum absolute atomic E-state index is 11.4. The third-order valence-corrected chi connectivity index (χ3v) is 2.81. The Morgan fingerprint density at radius 3 is 2.43 bits per heavy atom. The maximum atomic E-state index is 11.4. The zero-order chi connectivity index (χ0) is 17.6. The molecule has 2 unspecified atom stereocenters. The molecule has 0 saturated heterocycles. The van der Waals surface area contributed by atoms with E-state index in [0.29, 0.717) is 0 Å². The molecule has 0 saturated carbocycles. The number of aromatic carboxylic acids is 1. The predicted octanol–water partition coefficient (Wildman–Crippen LogP) is 1.09. The molecule has 128 valence electrons. The predicted molar refractivity (Wildman–Crippen MR) is 81.0 cm³/mol. The Kier molecular flexibility index (Phi) is 6.47. The Hall–Kier alpha value is -2.19. The summed E-state index contributed by atoms with van der Waals surface area (Å²) in [5.41, 5.74) is -0.473. The topological polar surface area (TPSA) is 129 Å². The van der Waals surface area contributed by atoms with E-state index in [1.807, 2.05) is 0 Å². The molecule has 0 aliphatic rings. The van der Waals surface area contributed by atoms with Gasteiger partial charge in [-0.2, -0.15) is 0 Å². The van der Waals surface area contributed by atoms with E-state index in [2.05, 4.69) is 10.3 Å². The van der Waals surface area contributed by atoms with Crippen LogP contribution in [0.1, 0.15) is 49.3 Å². The van der Waals surface area contributed by atoms with Crippen LogP contribution in [-0.4, -0.2) is 50.6 Å². The van der Waals surface area contributed by atoms with Crippen molar-refractivity contribution in [2.24, 2.45) is 0 Å². The molecular weight excluding hydrogens is 304 g/mol. The summed E-state index contributed by atoms with van der Waals surface area (Å²) in [6.45, 7) is 5.31. The molecule has 0 aliphatic heterocycles. The molecule has 0 aliphatic carbocycles. The second-order valence-electron chi connectivity index (χ2n) is 6.01. The lowest BCUT2D eigenvalue weighted by Crippen LogP contribution is -2.34. The van der Waals surface area contributed by atoms with Gasteiger partial charge in [-0.15, -0.1) is 0 Å². The van der Waals surface area contributed by atoms with Gasteiger partial charge in [0.2, 0.25) is 0 Å². The van der Waals surface area contributed by atoms with Crippen LogP contribution in [0.25, 0.3) is 0 Å². The van der Waals surface area contributed by atoms with Gasteiger partial charge in [0.1, 0.15) is 11.7 Å². The second kappa shape index (κ2) is 7.89. The molecule has 4 N–H and O–H groups in total. The number of rotatable bonds is 6. The first kappa shape index (κ1) is 18.9. The van der Waals surface area contributed by atoms with Crippen LogP contribution in [0, 0.1) is 0 Å². The summed E-state index contributed by atoms with van der Waals surface area (Å²) in [5.74, 6) is -1.12. The molecule has 1 aromatic rings. The van der Waals surface area contributed by atoms with Gasteiger partial charge in [-0.25, -0.2) is 9.59 Å². The first-order valence-electron chi connectivity index (χ1n) is 7.12. The minimum Gasteiger partial charge on any atom is -0.478 e. The number of aliphatic hydroxyl groups excluding tert-OH is 2. The van der Waals surface area contributed by atoms with E-state index in [9.17, 15) is 19.8 Å². The Labute approximate surface area is 134 Å². The van der Waals surface area contributed by atoms with Crippen LogP contribution in [0.15, 0.2) is 18.3 Å². The normalized spacial score (nSPS) is 14.0. The minimum absolute atomic E-state index is 0.0120. The molecule has 8 nitrogen and oxygen atoms in total. The molecule has 0 fully saturated rings. The van der Waals surface area contributed by atoms with Crippen molar-refractivity contribution in [1.82, 2.24) is 10.3 Å². The number of amides is 1. The summed E-state index contributed by atoms with van der Waals surface area (Å²) in [6, 6.07) is 2.62. The van der Waals surface area contributed by atoms with Crippen LogP contribution in [0.3, 0.4) is 0 Å². The van der Waals surface area contributed by atoms with Crippen molar-refractivity contribution < 1.29 is 29.6 Å². The molecule has 2 atom stereocenters. The molecule has 0 radical (unpaired) electrons. The monoisotopic (exact) mass is 326 g/mol. The van der Waals surface area contributed by atoms with E-state index in [1.54, 1.807) is 20.8 Å². The van der Waals surface area contributed by atoms with Crippen LogP contribution in [0.2, 0.25) is 0 Å². The quantitative estimate of drug-likeness (QED) is 0.615. The molecular formula is C15H22N2O6. The van der Waals surface area contributed by atoms with Gasteiger partial charge in [-0.1, -0.05) is 0 Å². The zero-order valence-corrected chi connectivity index (χ0v) is 13.3. The van der Waals surface area contributed by atoms with E-state index in [-0.39, 0.29) is 24.2 Å². The number of hydrogen-bond donors (Lipinski definition) is 4. The van der Waals surface area contributed by atoms with Gasteiger partial charge < -0.3 is 25.4 Å². The molecule has 0 spiro atoms. The van der Waals surface area contributed by atoms with E-state index in [1.165, 1.54) is 12.1 Å². The molecule has 0 aromatic carbocycles. The summed E-state index contributed by atoms with van der Waals surface area (Å²) in [4.78, 5) is 26.0. The van der Waals surface area contributed by atoms with Gasteiger partial charge in [0.05, 0.1) is 17.4 Å². The number of nitrogens with one attached hydrogen (secondary N) is 1. The van der Waals surface area contributed by atoms with Gasteiger partial charge in [0, 0.05) is 12.7 Å². The highest BCUT2D eigenvalue weighted by Gasteiger charge is 2.21. The molecule has 1 heterocycles. The number of ether oxygens (including phenoxy) is 1. The van der Waals surface area contributed by atoms with Crippen molar-refractivity contribution in [3.8, 4) is 0 Å². The SMILES string of the molecule is CC(C)(C)OC(=O)NCCC(O)C(O)c1ccc(C(=O)O)cn1. The molecule has 0 bridgehead atoms. The fourth-order valence-corrected chi connectivity index (χ4v) is 1.70. The van der Waals surface area contributed by atoms with Crippen molar-refractivity contribution in [1.29, 1.82) is 0 Å². The summed E-state index contributed by atoms with van der Waals surface area (Å²) in [5, 5.41) is 31.1. The van der Waals surface area contributed by atoms with Crippen LogP contribution in [-0.2, 0) is 4.74 Å². The Morgan fingerprint density at radius 2 is 1.96 bits per heavy atom. The summed E-state index contributed by atoms with van der Waals surface area (Å²) >= 11 is 0. The van der Waals surface area contributed by atoms with Crippen molar-refractivity contribution in [3.05, 3.63) is 29.6 Å². The highest BCUT2D eigenvalue weighted by molar-refractivity contribution is 5.87. The number of pyridine rings is 1. The van der Waals surface area contributed by atoms with Gasteiger partial charge in [0.15, 0.2) is 0 Å². The lowest BCUT2D eigenvalue weighted by Gasteiger charge is -2.21. The van der Waals surface area contributed by atoms with Crippen molar-refractivity contribution in [2.75, 3.05) is 6.54 Å². The number of alkyl carbamates (subject to hydrolysis) is 1. The highest BCUT2D eigenvalue weighted by atomic mass is 16.6. The fourth-order valence-electron chi connectivity index (χ4n) is 1.70. The van der Waals surface area contributed by atoms with Crippen LogP contribution in [0.5, 0.6) is 0 Å². The molecule has 1 rings (SSSR count). The third-order valence-electron chi connectivity index (χ3n) is 2.81. The summed E-state index contributed by atoms with van der Waals surface area (Å²) in [7, 11) is 0. The van der Waals surface area contributed by atoms with E-state index in [0.717, 1.165) is 6.20 Å². The Bertz CT molecular complexity index is 538. The van der Waals surface area contributed by atoms with E-state index >= 15 is 0 Å². The van der Waals surface area contributed by atoms with Crippen molar-refractivity contribution >= 4 is 12.1 Å². The molecule has 1 aromatic heterocycles. The first-order chi connectivity index (χ1) is 10.6. The van der Waals surface area contributed by atoms with Crippen LogP contribution in [0.4, 0.5) is 4.79 Å². The Morgan fingerprint density at radius 1 is 1.30 bits per heavy atom. The third kappa shape index (κ3) is 6.62.